The van der Waals surface area contributed by atoms with E-state index in [1.165, 1.54) is 0 Å². The molecule has 22 heavy (non-hydrogen) atoms. The van der Waals surface area contributed by atoms with Crippen molar-refractivity contribution in [1.29, 1.82) is 0 Å². The Morgan fingerprint density at radius 3 is 2.73 bits per heavy atom. The molecule has 0 radical (unpaired) electrons. The minimum atomic E-state index is 0.448. The number of methoxy groups -OCH3 is 2. The van der Waals surface area contributed by atoms with Crippen LogP contribution in [0.25, 0.3) is 0 Å². The molecule has 2 N–H and O–H groups in total. The lowest BCUT2D eigenvalue weighted by Crippen LogP contribution is -2.08. The molecule has 0 spiro atoms. The number of benzene rings is 1. The third-order valence-electron chi connectivity index (χ3n) is 2.88. The lowest BCUT2D eigenvalue weighted by Gasteiger charge is -2.10. The minimum absolute atomic E-state index is 0.448. The lowest BCUT2D eigenvalue weighted by atomic mass is 10.2. The summed E-state index contributed by atoms with van der Waals surface area (Å²) < 4.78 is 10.5. The van der Waals surface area contributed by atoms with Crippen LogP contribution in [0.5, 0.6) is 11.5 Å². The minimum Gasteiger partial charge on any atom is -0.493 e. The summed E-state index contributed by atoms with van der Waals surface area (Å²) in [6.45, 7) is 4.81. The number of nitrogens with one attached hydrogen (secondary N) is 2. The molecule has 0 aliphatic heterocycles. The molecular weight excluding hydrogens is 282 g/mol. The van der Waals surface area contributed by atoms with E-state index in [2.05, 4.69) is 32.4 Å². The number of hydrogen-bond acceptors (Lipinski definition) is 7. The van der Waals surface area contributed by atoms with E-state index in [0.29, 0.717) is 36.4 Å². The Labute approximate surface area is 129 Å². The molecule has 0 bridgehead atoms. The number of nitrogens with zero attached hydrogens (tertiary/aromatic N) is 3. The SMILES string of the molecule is C=CCNc1cnnc(NCc2ccc(OC)c(OC)c2)n1. The van der Waals surface area contributed by atoms with Crippen molar-refractivity contribution < 1.29 is 9.47 Å². The summed E-state index contributed by atoms with van der Waals surface area (Å²) in [4.78, 5) is 4.30. The van der Waals surface area contributed by atoms with Gasteiger partial charge in [-0.3, -0.25) is 0 Å². The fraction of sp³-hybridized carbons (Fsp3) is 0.267. The molecule has 0 fully saturated rings. The highest BCUT2D eigenvalue weighted by atomic mass is 16.5. The van der Waals surface area contributed by atoms with Gasteiger partial charge < -0.3 is 20.1 Å². The van der Waals surface area contributed by atoms with Gasteiger partial charge in [0.15, 0.2) is 17.3 Å². The molecule has 1 aromatic heterocycles. The molecule has 7 heteroatoms. The van der Waals surface area contributed by atoms with E-state index < -0.39 is 0 Å². The molecule has 7 nitrogen and oxygen atoms in total. The first kappa shape index (κ1) is 15.6. The fourth-order valence-electron chi connectivity index (χ4n) is 1.81. The van der Waals surface area contributed by atoms with E-state index in [0.717, 1.165) is 5.56 Å². The third kappa shape index (κ3) is 4.08. The van der Waals surface area contributed by atoms with Gasteiger partial charge in [-0.1, -0.05) is 12.1 Å². The molecule has 0 atom stereocenters. The molecule has 0 unspecified atom stereocenters. The van der Waals surface area contributed by atoms with E-state index in [-0.39, 0.29) is 0 Å². The Kier molecular flexibility index (Phi) is 5.53. The molecule has 1 heterocycles. The van der Waals surface area contributed by atoms with Crippen LogP contribution in [0.15, 0.2) is 37.1 Å². The van der Waals surface area contributed by atoms with Crippen molar-refractivity contribution in [3.05, 3.63) is 42.6 Å². The third-order valence-corrected chi connectivity index (χ3v) is 2.88. The second-order valence-corrected chi connectivity index (χ2v) is 4.38. The molecule has 0 amide bonds. The van der Waals surface area contributed by atoms with Crippen molar-refractivity contribution in [2.24, 2.45) is 0 Å². The molecule has 0 aliphatic carbocycles. The van der Waals surface area contributed by atoms with Crippen molar-refractivity contribution in [2.45, 2.75) is 6.54 Å². The highest BCUT2D eigenvalue weighted by molar-refractivity contribution is 5.44. The van der Waals surface area contributed by atoms with Crippen molar-refractivity contribution in [3.8, 4) is 11.5 Å². The summed E-state index contributed by atoms with van der Waals surface area (Å²) in [5.74, 6) is 2.47. The van der Waals surface area contributed by atoms with Crippen LogP contribution in [0.2, 0.25) is 0 Å². The van der Waals surface area contributed by atoms with Gasteiger partial charge in [-0.15, -0.1) is 11.7 Å². The average molecular weight is 301 g/mol. The number of aromatic nitrogens is 3. The summed E-state index contributed by atoms with van der Waals surface area (Å²) in [6, 6.07) is 5.71. The molecule has 2 rings (SSSR count). The van der Waals surface area contributed by atoms with Crippen LogP contribution in [-0.2, 0) is 6.54 Å². The monoisotopic (exact) mass is 301 g/mol. The molecule has 0 saturated carbocycles. The predicted molar refractivity (Wildman–Crippen MR) is 85.4 cm³/mol. The lowest BCUT2D eigenvalue weighted by molar-refractivity contribution is 0.354. The van der Waals surface area contributed by atoms with Crippen LogP contribution >= 0.6 is 0 Å². The van der Waals surface area contributed by atoms with Gasteiger partial charge in [-0.2, -0.15) is 10.1 Å². The number of anilines is 2. The molecule has 1 aromatic carbocycles. The van der Waals surface area contributed by atoms with Gasteiger partial charge >= 0.3 is 0 Å². The summed E-state index contributed by atoms with van der Waals surface area (Å²) >= 11 is 0. The number of ether oxygens (including phenoxy) is 2. The summed E-state index contributed by atoms with van der Waals surface area (Å²) in [6.07, 6.45) is 3.31. The van der Waals surface area contributed by atoms with Crippen LogP contribution < -0.4 is 20.1 Å². The molecule has 0 aliphatic rings. The zero-order chi connectivity index (χ0) is 15.8. The Bertz CT molecular complexity index is 633. The van der Waals surface area contributed by atoms with Crippen molar-refractivity contribution in [1.82, 2.24) is 15.2 Å². The van der Waals surface area contributed by atoms with Gasteiger partial charge in [-0.25, -0.2) is 0 Å². The predicted octanol–water partition coefficient (Wildman–Crippen LogP) is 2.10. The van der Waals surface area contributed by atoms with Crippen LogP contribution in [0.4, 0.5) is 11.8 Å². The number of rotatable bonds is 8. The zero-order valence-electron chi connectivity index (χ0n) is 12.7. The van der Waals surface area contributed by atoms with Crippen molar-refractivity contribution >= 4 is 11.8 Å². The standard InChI is InChI=1S/C15H19N5O2/c1-4-7-16-14-10-18-20-15(19-14)17-9-11-5-6-12(21-2)13(8-11)22-3/h4-6,8,10H,1,7,9H2,2-3H3,(H2,16,17,19,20). The molecule has 116 valence electrons. The maximum Gasteiger partial charge on any atom is 0.244 e. The molecule has 2 aromatic rings. The first-order chi connectivity index (χ1) is 10.8. The maximum absolute atomic E-state index is 5.28. The Hall–Kier alpha value is -2.83. The van der Waals surface area contributed by atoms with Gasteiger partial charge in [0.2, 0.25) is 5.95 Å². The van der Waals surface area contributed by atoms with Gasteiger partial charge in [0.05, 0.1) is 20.4 Å². The van der Waals surface area contributed by atoms with Gasteiger partial charge in [-0.05, 0) is 17.7 Å². The highest BCUT2D eigenvalue weighted by Gasteiger charge is 2.05. The van der Waals surface area contributed by atoms with E-state index in [9.17, 15) is 0 Å². The normalized spacial score (nSPS) is 9.91. The fourth-order valence-corrected chi connectivity index (χ4v) is 1.81. The Balaban J connectivity index is 2.02. The van der Waals surface area contributed by atoms with Crippen LogP contribution in [-0.4, -0.2) is 35.9 Å². The van der Waals surface area contributed by atoms with Crippen molar-refractivity contribution in [2.75, 3.05) is 31.4 Å². The Morgan fingerprint density at radius 1 is 1.18 bits per heavy atom. The van der Waals surface area contributed by atoms with Crippen LogP contribution in [0, 0.1) is 0 Å². The van der Waals surface area contributed by atoms with Crippen molar-refractivity contribution in [3.63, 3.8) is 0 Å². The van der Waals surface area contributed by atoms with E-state index in [1.807, 2.05) is 18.2 Å². The number of hydrogen-bond donors (Lipinski definition) is 2. The second kappa shape index (κ2) is 7.82. The smallest absolute Gasteiger partial charge is 0.244 e. The van der Waals surface area contributed by atoms with Gasteiger partial charge in [0.25, 0.3) is 0 Å². The molecule has 0 saturated heterocycles. The van der Waals surface area contributed by atoms with Crippen LogP contribution in [0.1, 0.15) is 5.56 Å². The van der Waals surface area contributed by atoms with Gasteiger partial charge in [0, 0.05) is 13.1 Å². The van der Waals surface area contributed by atoms with E-state index in [1.54, 1.807) is 26.5 Å². The average Bonchev–Trinajstić information content (AvgIpc) is 2.58. The largest absolute Gasteiger partial charge is 0.493 e. The maximum atomic E-state index is 5.28. The summed E-state index contributed by atoms with van der Waals surface area (Å²) in [5.41, 5.74) is 1.02. The van der Waals surface area contributed by atoms with Crippen LogP contribution in [0.3, 0.4) is 0 Å². The quantitative estimate of drug-likeness (QED) is 0.723. The van der Waals surface area contributed by atoms with E-state index in [4.69, 9.17) is 9.47 Å². The Morgan fingerprint density at radius 2 is 2.00 bits per heavy atom. The molecular formula is C15H19N5O2. The topological polar surface area (TPSA) is 81.2 Å². The first-order valence-corrected chi connectivity index (χ1v) is 6.76. The van der Waals surface area contributed by atoms with Gasteiger partial charge in [0.1, 0.15) is 0 Å². The first-order valence-electron chi connectivity index (χ1n) is 6.76. The van der Waals surface area contributed by atoms with E-state index >= 15 is 0 Å². The zero-order valence-corrected chi connectivity index (χ0v) is 12.7. The second-order valence-electron chi connectivity index (χ2n) is 4.38. The summed E-state index contributed by atoms with van der Waals surface area (Å²) in [7, 11) is 3.22. The summed E-state index contributed by atoms with van der Waals surface area (Å²) in [5, 5.41) is 14.0. The highest BCUT2D eigenvalue weighted by Crippen LogP contribution is 2.27.